The molecule has 0 radical (unpaired) electrons. The lowest BCUT2D eigenvalue weighted by atomic mass is 9.89. The summed E-state index contributed by atoms with van der Waals surface area (Å²) in [6, 6.07) is 2.13. The number of thiophene rings is 1. The van der Waals surface area contributed by atoms with Gasteiger partial charge < -0.3 is 0 Å². The first-order valence-electron chi connectivity index (χ1n) is 8.06. The minimum Gasteiger partial charge on any atom is -0.287 e. The largest absolute Gasteiger partial charge is 0.287 e. The van der Waals surface area contributed by atoms with Gasteiger partial charge in [0.25, 0.3) is 5.56 Å². The van der Waals surface area contributed by atoms with E-state index in [2.05, 4.69) is 26.8 Å². The number of hydrogen-bond acceptors (Lipinski definition) is 5. The molecule has 3 rings (SSSR count). The number of nitrogens with zero attached hydrogens (tertiary/aromatic N) is 3. The van der Waals surface area contributed by atoms with Crippen LogP contribution in [0.3, 0.4) is 0 Å². The van der Waals surface area contributed by atoms with Crippen molar-refractivity contribution in [2.24, 2.45) is 11.8 Å². The molecule has 1 aliphatic rings. The van der Waals surface area contributed by atoms with Crippen molar-refractivity contribution in [1.29, 1.82) is 5.26 Å². The Morgan fingerprint density at radius 3 is 3.00 bits per heavy atom. The van der Waals surface area contributed by atoms with Crippen molar-refractivity contribution >= 4 is 33.3 Å². The first-order chi connectivity index (χ1) is 11.0. The SMILES string of the molecule is CC(C)Cn1c(SCC#N)nc2sc3c(c2c1=O)CCC(C)C3. The summed E-state index contributed by atoms with van der Waals surface area (Å²) in [7, 11) is 0. The van der Waals surface area contributed by atoms with Crippen LogP contribution in [0, 0.1) is 23.2 Å². The third-order valence-corrected chi connectivity index (χ3v) is 6.19. The highest BCUT2D eigenvalue weighted by atomic mass is 32.2. The van der Waals surface area contributed by atoms with E-state index in [1.165, 1.54) is 22.2 Å². The number of hydrogen-bond donors (Lipinski definition) is 0. The molecule has 0 aromatic carbocycles. The smallest absolute Gasteiger partial charge is 0.263 e. The zero-order valence-electron chi connectivity index (χ0n) is 13.8. The van der Waals surface area contributed by atoms with Gasteiger partial charge in [-0.3, -0.25) is 9.36 Å². The molecule has 2 aromatic heterocycles. The Morgan fingerprint density at radius 2 is 2.30 bits per heavy atom. The summed E-state index contributed by atoms with van der Waals surface area (Å²) < 4.78 is 1.78. The first-order valence-corrected chi connectivity index (χ1v) is 9.86. The van der Waals surface area contributed by atoms with Crippen LogP contribution in [0.2, 0.25) is 0 Å². The Kier molecular flexibility index (Phi) is 4.79. The minimum absolute atomic E-state index is 0.0798. The van der Waals surface area contributed by atoms with Crippen molar-refractivity contribution in [3.05, 3.63) is 20.8 Å². The normalized spacial score (nSPS) is 17.4. The van der Waals surface area contributed by atoms with Crippen LogP contribution in [0.5, 0.6) is 0 Å². The number of aromatic nitrogens is 2. The van der Waals surface area contributed by atoms with Crippen LogP contribution < -0.4 is 5.56 Å². The quantitative estimate of drug-likeness (QED) is 0.622. The molecule has 1 aliphatic carbocycles. The first kappa shape index (κ1) is 16.5. The molecule has 0 bridgehead atoms. The van der Waals surface area contributed by atoms with Crippen molar-refractivity contribution in [2.45, 2.75) is 51.7 Å². The van der Waals surface area contributed by atoms with Crippen LogP contribution in [0.15, 0.2) is 9.95 Å². The van der Waals surface area contributed by atoms with Gasteiger partial charge in [-0.1, -0.05) is 32.5 Å². The predicted octanol–water partition coefficient (Wildman–Crippen LogP) is 3.85. The van der Waals surface area contributed by atoms with Gasteiger partial charge in [0.15, 0.2) is 5.16 Å². The molecule has 122 valence electrons. The summed E-state index contributed by atoms with van der Waals surface area (Å²) in [6.45, 7) is 7.11. The summed E-state index contributed by atoms with van der Waals surface area (Å²) >= 11 is 3.03. The van der Waals surface area contributed by atoms with Crippen molar-refractivity contribution in [3.63, 3.8) is 0 Å². The Balaban J connectivity index is 2.19. The van der Waals surface area contributed by atoms with E-state index in [9.17, 15) is 4.79 Å². The van der Waals surface area contributed by atoms with E-state index in [1.807, 2.05) is 0 Å². The van der Waals surface area contributed by atoms with Crippen LogP contribution in [0.25, 0.3) is 10.2 Å². The maximum absolute atomic E-state index is 13.1. The van der Waals surface area contributed by atoms with Crippen LogP contribution >= 0.6 is 23.1 Å². The second kappa shape index (κ2) is 6.66. The molecule has 23 heavy (non-hydrogen) atoms. The molecule has 2 aromatic rings. The molecule has 0 aliphatic heterocycles. The molecular weight excluding hydrogens is 326 g/mol. The Morgan fingerprint density at radius 1 is 1.52 bits per heavy atom. The van der Waals surface area contributed by atoms with Gasteiger partial charge in [-0.15, -0.1) is 11.3 Å². The molecule has 0 saturated carbocycles. The van der Waals surface area contributed by atoms with Gasteiger partial charge in [0.1, 0.15) is 4.83 Å². The van der Waals surface area contributed by atoms with Crippen LogP contribution in [-0.2, 0) is 19.4 Å². The van der Waals surface area contributed by atoms with Gasteiger partial charge in [-0.05, 0) is 36.7 Å². The molecule has 6 heteroatoms. The highest BCUT2D eigenvalue weighted by Gasteiger charge is 2.24. The number of thioether (sulfide) groups is 1. The van der Waals surface area contributed by atoms with Crippen molar-refractivity contribution < 1.29 is 0 Å². The van der Waals surface area contributed by atoms with Gasteiger partial charge in [0, 0.05) is 11.4 Å². The fourth-order valence-electron chi connectivity index (χ4n) is 3.14. The molecule has 1 atom stereocenters. The lowest BCUT2D eigenvalue weighted by molar-refractivity contribution is 0.474. The molecule has 4 nitrogen and oxygen atoms in total. The monoisotopic (exact) mass is 347 g/mol. The third kappa shape index (κ3) is 3.17. The maximum Gasteiger partial charge on any atom is 0.263 e. The van der Waals surface area contributed by atoms with E-state index >= 15 is 0 Å². The van der Waals surface area contributed by atoms with Crippen LogP contribution in [0.1, 0.15) is 37.6 Å². The van der Waals surface area contributed by atoms with Crippen LogP contribution in [0.4, 0.5) is 0 Å². The predicted molar refractivity (Wildman–Crippen MR) is 96.2 cm³/mol. The molecule has 0 fully saturated rings. The topological polar surface area (TPSA) is 58.7 Å². The van der Waals surface area contributed by atoms with Gasteiger partial charge in [-0.2, -0.15) is 5.26 Å². The van der Waals surface area contributed by atoms with E-state index in [1.54, 1.807) is 15.9 Å². The number of fused-ring (bicyclic) bond motifs is 3. The summed E-state index contributed by atoms with van der Waals surface area (Å²) in [5.41, 5.74) is 1.31. The zero-order chi connectivity index (χ0) is 16.6. The van der Waals surface area contributed by atoms with Gasteiger partial charge in [0.05, 0.1) is 17.2 Å². The fourth-order valence-corrected chi connectivity index (χ4v) is 5.23. The van der Waals surface area contributed by atoms with Gasteiger partial charge in [-0.25, -0.2) is 4.98 Å². The molecule has 0 amide bonds. The third-order valence-electron chi connectivity index (χ3n) is 4.19. The van der Waals surface area contributed by atoms with Crippen molar-refractivity contribution in [3.8, 4) is 6.07 Å². The molecule has 0 saturated heterocycles. The average molecular weight is 348 g/mol. The standard InChI is InChI=1S/C17H21N3OS2/c1-10(2)9-20-16(21)14-12-5-4-11(3)8-13(12)23-15(14)19-17(20)22-7-6-18/h10-11H,4-5,7-9H2,1-3H3. The summed E-state index contributed by atoms with van der Waals surface area (Å²) in [5, 5.41) is 10.4. The second-order valence-corrected chi connectivity index (χ2v) is 8.71. The summed E-state index contributed by atoms with van der Waals surface area (Å²) in [4.78, 5) is 20.0. The highest BCUT2D eigenvalue weighted by Crippen LogP contribution is 2.36. The summed E-state index contributed by atoms with van der Waals surface area (Å²) in [6.07, 6.45) is 3.19. The average Bonchev–Trinajstić information content (AvgIpc) is 2.85. The van der Waals surface area contributed by atoms with Crippen molar-refractivity contribution in [2.75, 3.05) is 5.75 Å². The van der Waals surface area contributed by atoms with Crippen molar-refractivity contribution in [1.82, 2.24) is 9.55 Å². The zero-order valence-corrected chi connectivity index (χ0v) is 15.4. The lowest BCUT2D eigenvalue weighted by Gasteiger charge is -2.18. The van der Waals surface area contributed by atoms with Crippen LogP contribution in [-0.4, -0.2) is 15.3 Å². The fraction of sp³-hybridized carbons (Fsp3) is 0.588. The van der Waals surface area contributed by atoms with E-state index in [0.717, 1.165) is 29.5 Å². The second-order valence-electron chi connectivity index (χ2n) is 6.68. The van der Waals surface area contributed by atoms with E-state index in [0.29, 0.717) is 29.3 Å². The number of aryl methyl sites for hydroxylation is 1. The molecule has 1 unspecified atom stereocenters. The molecule has 0 spiro atoms. The summed E-state index contributed by atoms with van der Waals surface area (Å²) in [5.74, 6) is 1.36. The molecule has 0 N–H and O–H groups in total. The Labute approximate surface area is 144 Å². The molecular formula is C17H21N3OS2. The minimum atomic E-state index is 0.0798. The van der Waals surface area contributed by atoms with Gasteiger partial charge >= 0.3 is 0 Å². The lowest BCUT2D eigenvalue weighted by Crippen LogP contribution is -2.26. The van der Waals surface area contributed by atoms with E-state index in [-0.39, 0.29) is 5.56 Å². The highest BCUT2D eigenvalue weighted by molar-refractivity contribution is 7.99. The van der Waals surface area contributed by atoms with Gasteiger partial charge in [0.2, 0.25) is 0 Å². The Hall–Kier alpha value is -1.32. The molecule has 2 heterocycles. The van der Waals surface area contributed by atoms with E-state index in [4.69, 9.17) is 10.2 Å². The number of rotatable bonds is 4. The van der Waals surface area contributed by atoms with E-state index < -0.39 is 0 Å². The maximum atomic E-state index is 13.1. The number of nitriles is 1. The Bertz CT molecular complexity index is 829.